The molecule has 1 aliphatic carbocycles. The fraction of sp³-hybridized carbons (Fsp3) is 0.963. The molecule has 0 aromatic rings. The van der Waals surface area contributed by atoms with Gasteiger partial charge in [-0.2, -0.15) is 11.8 Å². The number of aliphatic hydroxyl groups is 1. The SMILES string of the molecule is CCCCCCCCCCOC(COC(SCCCCC)C(O)([PH2]=O)C(=O)O)CSC1CCCCC1. The predicted octanol–water partition coefficient (Wildman–Crippen LogP) is 7.37. The van der Waals surface area contributed by atoms with Crippen molar-refractivity contribution in [1.82, 2.24) is 0 Å². The molecule has 0 saturated heterocycles. The lowest BCUT2D eigenvalue weighted by molar-refractivity contribution is -0.157. The van der Waals surface area contributed by atoms with Crippen LogP contribution in [0.3, 0.4) is 0 Å². The van der Waals surface area contributed by atoms with Crippen molar-refractivity contribution >= 4 is 38.0 Å². The number of carboxylic acid groups (broad SMARTS) is 1. The van der Waals surface area contributed by atoms with Crippen LogP contribution in [0.2, 0.25) is 0 Å². The summed E-state index contributed by atoms with van der Waals surface area (Å²) < 4.78 is 24.0. The first-order valence-corrected chi connectivity index (χ1v) is 17.5. The van der Waals surface area contributed by atoms with E-state index in [1.54, 1.807) is 0 Å². The first-order chi connectivity index (χ1) is 17.5. The first kappa shape index (κ1) is 34.3. The molecule has 0 radical (unpaired) electrons. The zero-order valence-electron chi connectivity index (χ0n) is 22.8. The standard InChI is InChI=1S/C27H53O6PS2/c1-3-5-7-8-9-10-11-15-19-32-23(22-36-24-17-13-12-14-18-24)21-33-26(35-20-16-6-4-2)27(30,34-31)25(28)29/h23-24,26,30H,3-22,34H2,1-2H3,(H,28,29). The summed E-state index contributed by atoms with van der Waals surface area (Å²) in [6, 6.07) is 0. The fourth-order valence-electron chi connectivity index (χ4n) is 4.35. The van der Waals surface area contributed by atoms with Crippen molar-refractivity contribution in [3.05, 3.63) is 0 Å². The normalized spacial score (nSPS) is 18.4. The van der Waals surface area contributed by atoms with Crippen molar-refractivity contribution < 1.29 is 29.0 Å². The molecule has 0 heterocycles. The van der Waals surface area contributed by atoms with E-state index < -0.39 is 25.2 Å². The quantitative estimate of drug-likeness (QED) is 0.0708. The highest BCUT2D eigenvalue weighted by Gasteiger charge is 2.45. The number of hydrogen-bond donors (Lipinski definition) is 2. The molecule has 0 spiro atoms. The fourth-order valence-corrected chi connectivity index (χ4v) is 7.58. The molecule has 0 aromatic carbocycles. The topological polar surface area (TPSA) is 93.1 Å². The van der Waals surface area contributed by atoms with Crippen LogP contribution in [0.5, 0.6) is 0 Å². The van der Waals surface area contributed by atoms with Crippen molar-refractivity contribution in [1.29, 1.82) is 0 Å². The number of carboxylic acids is 1. The second kappa shape index (κ2) is 22.1. The van der Waals surface area contributed by atoms with E-state index >= 15 is 0 Å². The number of carbonyl (C=O) groups is 1. The summed E-state index contributed by atoms with van der Waals surface area (Å²) in [5.74, 6) is -0.0211. The van der Waals surface area contributed by atoms with Crippen LogP contribution < -0.4 is 0 Å². The Morgan fingerprint density at radius 1 is 0.944 bits per heavy atom. The van der Waals surface area contributed by atoms with Crippen LogP contribution in [0.25, 0.3) is 0 Å². The molecule has 0 bridgehead atoms. The van der Waals surface area contributed by atoms with Crippen LogP contribution in [-0.2, 0) is 18.8 Å². The second-order valence-corrected chi connectivity index (χ2v) is 13.7. The van der Waals surface area contributed by atoms with Gasteiger partial charge in [0.1, 0.15) is 13.9 Å². The Labute approximate surface area is 230 Å². The van der Waals surface area contributed by atoms with Crippen LogP contribution in [0.15, 0.2) is 0 Å². The van der Waals surface area contributed by atoms with Gasteiger partial charge in [-0.05, 0) is 31.4 Å². The molecular weight excluding hydrogens is 515 g/mol. The summed E-state index contributed by atoms with van der Waals surface area (Å²) in [4.78, 5) is 11.8. The second-order valence-electron chi connectivity index (χ2n) is 10.1. The summed E-state index contributed by atoms with van der Waals surface area (Å²) >= 11 is 3.19. The van der Waals surface area contributed by atoms with Gasteiger partial charge in [0, 0.05) is 17.6 Å². The number of unbranched alkanes of at least 4 members (excludes halogenated alkanes) is 9. The summed E-state index contributed by atoms with van der Waals surface area (Å²) in [6.07, 6.45) is 19.1. The zero-order chi connectivity index (χ0) is 26.5. The lowest BCUT2D eigenvalue weighted by Gasteiger charge is -2.30. The third-order valence-corrected chi connectivity index (χ3v) is 10.7. The summed E-state index contributed by atoms with van der Waals surface area (Å²) in [5, 5.41) is 18.5. The van der Waals surface area contributed by atoms with E-state index in [1.165, 1.54) is 82.4 Å². The van der Waals surface area contributed by atoms with E-state index in [0.29, 0.717) is 17.6 Å². The Bertz CT molecular complexity index is 564. The number of thioether (sulfide) groups is 2. The van der Waals surface area contributed by atoms with Crippen molar-refractivity contribution in [3.63, 3.8) is 0 Å². The lowest BCUT2D eigenvalue weighted by atomic mass is 10.0. The molecule has 0 aromatic heterocycles. The molecule has 1 aliphatic rings. The van der Waals surface area contributed by atoms with Crippen molar-refractivity contribution in [2.75, 3.05) is 24.7 Å². The maximum absolute atomic E-state index is 11.8. The molecule has 1 fully saturated rings. The third-order valence-electron chi connectivity index (χ3n) is 6.75. The van der Waals surface area contributed by atoms with E-state index in [9.17, 15) is 19.6 Å². The average Bonchev–Trinajstić information content (AvgIpc) is 2.89. The van der Waals surface area contributed by atoms with Crippen molar-refractivity contribution in [2.24, 2.45) is 0 Å². The molecule has 4 atom stereocenters. The molecule has 1 saturated carbocycles. The van der Waals surface area contributed by atoms with E-state index in [0.717, 1.165) is 37.9 Å². The number of rotatable bonds is 24. The molecule has 6 nitrogen and oxygen atoms in total. The average molecular weight is 569 g/mol. The van der Waals surface area contributed by atoms with Gasteiger partial charge in [0.15, 0.2) is 0 Å². The highest BCUT2D eigenvalue weighted by atomic mass is 32.2. The molecule has 1 rings (SSSR count). The molecule has 214 valence electrons. The number of aliphatic carboxylic acids is 1. The Morgan fingerprint density at radius 2 is 1.56 bits per heavy atom. The van der Waals surface area contributed by atoms with Crippen LogP contribution >= 0.6 is 32.0 Å². The van der Waals surface area contributed by atoms with E-state index in [4.69, 9.17) is 9.47 Å². The minimum absolute atomic E-state index is 0.167. The van der Waals surface area contributed by atoms with Crippen LogP contribution in [-0.4, -0.2) is 63.0 Å². The summed E-state index contributed by atoms with van der Waals surface area (Å²) in [6.45, 7) is 5.21. The molecular formula is C27H53O6PS2. The number of hydrogen-bond acceptors (Lipinski definition) is 7. The molecule has 2 N–H and O–H groups in total. The zero-order valence-corrected chi connectivity index (χ0v) is 25.6. The highest BCUT2D eigenvalue weighted by Crippen LogP contribution is 2.35. The Balaban J connectivity index is 2.60. The predicted molar refractivity (Wildman–Crippen MR) is 156 cm³/mol. The smallest absolute Gasteiger partial charge is 0.346 e. The Hall–Kier alpha value is 0.280. The van der Waals surface area contributed by atoms with E-state index in [2.05, 4.69) is 13.8 Å². The van der Waals surface area contributed by atoms with Gasteiger partial charge in [-0.15, -0.1) is 11.8 Å². The van der Waals surface area contributed by atoms with Gasteiger partial charge in [-0.1, -0.05) is 90.9 Å². The van der Waals surface area contributed by atoms with Gasteiger partial charge >= 0.3 is 5.97 Å². The van der Waals surface area contributed by atoms with Gasteiger partial charge in [0.25, 0.3) is 0 Å². The van der Waals surface area contributed by atoms with Crippen LogP contribution in [0, 0.1) is 0 Å². The molecule has 0 aliphatic heterocycles. The minimum atomic E-state index is -2.35. The summed E-state index contributed by atoms with van der Waals surface area (Å²) in [7, 11) is -1.95. The molecule has 0 amide bonds. The molecule has 36 heavy (non-hydrogen) atoms. The van der Waals surface area contributed by atoms with E-state index in [1.807, 2.05) is 11.8 Å². The Kier molecular flexibility index (Phi) is 21.1. The van der Waals surface area contributed by atoms with Gasteiger partial charge < -0.3 is 24.3 Å². The van der Waals surface area contributed by atoms with E-state index in [-0.39, 0.29) is 12.7 Å². The maximum Gasteiger partial charge on any atom is 0.346 e. The first-order valence-electron chi connectivity index (χ1n) is 14.4. The van der Waals surface area contributed by atoms with Crippen molar-refractivity contribution in [2.45, 2.75) is 139 Å². The van der Waals surface area contributed by atoms with Crippen LogP contribution in [0.1, 0.15) is 117 Å². The molecule has 4 unspecified atom stereocenters. The van der Waals surface area contributed by atoms with Gasteiger partial charge in [-0.25, -0.2) is 4.79 Å². The van der Waals surface area contributed by atoms with Crippen LogP contribution in [0.4, 0.5) is 0 Å². The third kappa shape index (κ3) is 15.0. The van der Waals surface area contributed by atoms with Gasteiger partial charge in [-0.3, -0.25) is 0 Å². The Morgan fingerprint density at radius 3 is 2.17 bits per heavy atom. The monoisotopic (exact) mass is 568 g/mol. The maximum atomic E-state index is 11.8. The van der Waals surface area contributed by atoms with Crippen molar-refractivity contribution in [3.8, 4) is 0 Å². The highest BCUT2D eigenvalue weighted by molar-refractivity contribution is 8.00. The van der Waals surface area contributed by atoms with Gasteiger partial charge in [0.05, 0.1) is 12.7 Å². The number of ether oxygens (including phenoxy) is 2. The van der Waals surface area contributed by atoms with Gasteiger partial charge in [0.2, 0.25) is 5.34 Å². The lowest BCUT2D eigenvalue weighted by Crippen LogP contribution is -2.45. The minimum Gasteiger partial charge on any atom is -0.479 e. The largest absolute Gasteiger partial charge is 0.479 e. The summed E-state index contributed by atoms with van der Waals surface area (Å²) in [5.41, 5.74) is -1.06. The molecule has 9 heteroatoms.